The van der Waals surface area contributed by atoms with Crippen molar-refractivity contribution in [3.8, 4) is 0 Å². The lowest BCUT2D eigenvalue weighted by molar-refractivity contribution is 0.593. The van der Waals surface area contributed by atoms with Crippen molar-refractivity contribution in [1.82, 2.24) is 0 Å². The van der Waals surface area contributed by atoms with Crippen LogP contribution in [0.5, 0.6) is 0 Å². The van der Waals surface area contributed by atoms with E-state index in [1.54, 1.807) is 0 Å². The van der Waals surface area contributed by atoms with Crippen LogP contribution in [0.1, 0.15) is 0 Å². The highest BCUT2D eigenvalue weighted by Gasteiger charge is 1.98. The van der Waals surface area contributed by atoms with Gasteiger partial charge in [0.15, 0.2) is 0 Å². The molecule has 0 aliphatic rings. The van der Waals surface area contributed by atoms with Crippen molar-refractivity contribution in [2.75, 3.05) is 12.5 Å². The van der Waals surface area contributed by atoms with Crippen LogP contribution < -0.4 is 0 Å². The van der Waals surface area contributed by atoms with E-state index in [2.05, 4.69) is 9.04 Å². The van der Waals surface area contributed by atoms with E-state index in [1.165, 1.54) is 6.26 Å². The standard InChI is InChI=1S/C2H6N2O3S2/c1-8(5)3-4-9(2,6)7/h1-2H3/b4-3-/t8-/m0/s1. The van der Waals surface area contributed by atoms with Crippen LogP contribution >= 0.6 is 0 Å². The third kappa shape index (κ3) is 7.86. The minimum absolute atomic E-state index is 0.878. The van der Waals surface area contributed by atoms with Gasteiger partial charge in [0, 0.05) is 0 Å². The number of hydrogen-bond donors (Lipinski definition) is 0. The van der Waals surface area contributed by atoms with Crippen LogP contribution in [-0.2, 0) is 21.4 Å². The summed E-state index contributed by atoms with van der Waals surface area (Å²) < 4.78 is 36.0. The fourth-order valence-electron chi connectivity index (χ4n) is 0.107. The fraction of sp³-hybridized carbons (Fsp3) is 1.00. The van der Waals surface area contributed by atoms with Crippen LogP contribution in [0.4, 0.5) is 0 Å². The van der Waals surface area contributed by atoms with Crippen molar-refractivity contribution in [3.05, 3.63) is 0 Å². The summed E-state index contributed by atoms with van der Waals surface area (Å²) in [6.45, 7) is 0. The van der Waals surface area contributed by atoms with Gasteiger partial charge in [0.25, 0.3) is 10.0 Å². The van der Waals surface area contributed by atoms with Crippen LogP contribution in [0.15, 0.2) is 9.04 Å². The Labute approximate surface area is 56.5 Å². The maximum absolute atomic E-state index is 10.1. The Hall–Kier alpha value is -0.140. The maximum atomic E-state index is 10.1. The predicted octanol–water partition coefficient (Wildman–Crippen LogP) is -0.308. The molecule has 0 aromatic carbocycles. The van der Waals surface area contributed by atoms with E-state index in [9.17, 15) is 13.0 Å². The first kappa shape index (κ1) is 8.86. The zero-order chi connectivity index (χ0) is 7.49. The number of sulfonamides is 1. The van der Waals surface area contributed by atoms with E-state index < -0.39 is 21.4 Å². The van der Waals surface area contributed by atoms with Gasteiger partial charge < -0.3 is 4.55 Å². The Bertz CT molecular complexity index is 194. The summed E-state index contributed by atoms with van der Waals surface area (Å²) in [6, 6.07) is 0. The minimum Gasteiger partial charge on any atom is -0.590 e. The summed E-state index contributed by atoms with van der Waals surface area (Å²) in [6.07, 6.45) is 2.11. The van der Waals surface area contributed by atoms with Crippen molar-refractivity contribution >= 4 is 21.4 Å². The summed E-state index contributed by atoms with van der Waals surface area (Å²) >= 11 is -1.53. The molecule has 0 heterocycles. The fourth-order valence-corrected chi connectivity index (χ4v) is 0.967. The molecule has 0 rings (SSSR count). The number of hydrogen-bond acceptors (Lipinski definition) is 4. The molecule has 0 aliphatic carbocycles. The van der Waals surface area contributed by atoms with Crippen molar-refractivity contribution < 1.29 is 13.0 Å². The normalized spacial score (nSPS) is 16.3. The number of rotatable bonds is 2. The summed E-state index contributed by atoms with van der Waals surface area (Å²) in [7, 11) is -3.45. The van der Waals surface area contributed by atoms with Gasteiger partial charge in [-0.15, -0.1) is 0 Å². The van der Waals surface area contributed by atoms with Gasteiger partial charge in [0.2, 0.25) is 0 Å². The molecule has 0 bridgehead atoms. The van der Waals surface area contributed by atoms with Gasteiger partial charge in [0.1, 0.15) is 17.6 Å². The van der Waals surface area contributed by atoms with Gasteiger partial charge in [-0.25, -0.2) is 8.42 Å². The van der Waals surface area contributed by atoms with E-state index in [-0.39, 0.29) is 0 Å². The van der Waals surface area contributed by atoms with Gasteiger partial charge in [0.05, 0.1) is 10.8 Å². The summed E-state index contributed by atoms with van der Waals surface area (Å²) in [4.78, 5) is 0. The lowest BCUT2D eigenvalue weighted by Crippen LogP contribution is -1.92. The molecule has 1 atom stereocenters. The lowest BCUT2D eigenvalue weighted by Gasteiger charge is -1.88. The molecule has 0 spiro atoms. The van der Waals surface area contributed by atoms with E-state index in [4.69, 9.17) is 0 Å². The first-order valence-corrected chi connectivity index (χ1v) is 5.24. The molecule has 0 unspecified atom stereocenters. The second kappa shape index (κ2) is 3.14. The lowest BCUT2D eigenvalue weighted by atomic mass is 12.0. The Balaban J connectivity index is 4.03. The van der Waals surface area contributed by atoms with Gasteiger partial charge in [-0.1, -0.05) is 0 Å². The van der Waals surface area contributed by atoms with Crippen molar-refractivity contribution in [2.45, 2.75) is 0 Å². The SMILES string of the molecule is C[S@+]([O-])/N=N\S(C)(=O)=O. The molecule has 9 heavy (non-hydrogen) atoms. The van der Waals surface area contributed by atoms with Crippen LogP contribution in [-0.4, -0.2) is 25.5 Å². The minimum atomic E-state index is -3.45. The predicted molar refractivity (Wildman–Crippen MR) is 33.8 cm³/mol. The highest BCUT2D eigenvalue weighted by Crippen LogP contribution is 1.91. The Morgan fingerprint density at radius 1 is 1.56 bits per heavy atom. The Morgan fingerprint density at radius 2 is 2.00 bits per heavy atom. The summed E-state index contributed by atoms with van der Waals surface area (Å²) in [5.41, 5.74) is 0. The van der Waals surface area contributed by atoms with Crippen LogP contribution in [0.2, 0.25) is 0 Å². The topological polar surface area (TPSA) is 81.9 Å². The smallest absolute Gasteiger partial charge is 0.271 e. The van der Waals surface area contributed by atoms with Gasteiger partial charge >= 0.3 is 0 Å². The largest absolute Gasteiger partial charge is 0.590 e. The second-order valence-electron chi connectivity index (χ2n) is 1.32. The molecule has 0 radical (unpaired) electrons. The molecule has 0 aromatic heterocycles. The molecule has 0 amide bonds. The van der Waals surface area contributed by atoms with E-state index in [0.717, 1.165) is 6.26 Å². The number of nitrogens with zero attached hydrogens (tertiary/aromatic N) is 2. The molecular weight excluding hydrogens is 164 g/mol. The third-order valence-corrected chi connectivity index (χ3v) is 1.09. The highest BCUT2D eigenvalue weighted by molar-refractivity contribution is 7.91. The molecule has 54 valence electrons. The van der Waals surface area contributed by atoms with E-state index in [1.807, 2.05) is 0 Å². The molecule has 5 nitrogen and oxygen atoms in total. The first-order valence-electron chi connectivity index (χ1n) is 1.88. The monoisotopic (exact) mass is 170 g/mol. The molecule has 0 aromatic rings. The molecular formula is C2H6N2O3S2. The summed E-state index contributed by atoms with van der Waals surface area (Å²) in [5.74, 6) is 0. The third-order valence-electron chi connectivity index (χ3n) is 0.297. The van der Waals surface area contributed by atoms with Gasteiger partial charge in [-0.2, -0.15) is 0 Å². The zero-order valence-electron chi connectivity index (χ0n) is 4.94. The molecule has 7 heteroatoms. The Kier molecular flexibility index (Phi) is 3.09. The molecule has 0 N–H and O–H groups in total. The molecule has 0 aliphatic heterocycles. The van der Waals surface area contributed by atoms with Gasteiger partial charge in [-0.3, -0.25) is 0 Å². The van der Waals surface area contributed by atoms with Crippen LogP contribution in [0, 0.1) is 0 Å². The van der Waals surface area contributed by atoms with Crippen molar-refractivity contribution in [1.29, 1.82) is 0 Å². The zero-order valence-corrected chi connectivity index (χ0v) is 6.57. The maximum Gasteiger partial charge on any atom is 0.271 e. The summed E-state index contributed by atoms with van der Waals surface area (Å²) in [5, 5.41) is 0. The molecule has 0 fully saturated rings. The van der Waals surface area contributed by atoms with Crippen LogP contribution in [0.3, 0.4) is 0 Å². The van der Waals surface area contributed by atoms with Crippen LogP contribution in [0.25, 0.3) is 0 Å². The average Bonchev–Trinajstić information content (AvgIpc) is 1.59. The molecule has 0 saturated carbocycles. The highest BCUT2D eigenvalue weighted by atomic mass is 32.2. The second-order valence-corrected chi connectivity index (χ2v) is 3.96. The molecule has 0 saturated heterocycles. The van der Waals surface area contributed by atoms with Gasteiger partial charge in [-0.05, 0) is 4.52 Å². The van der Waals surface area contributed by atoms with Crippen molar-refractivity contribution in [2.24, 2.45) is 9.04 Å². The van der Waals surface area contributed by atoms with Crippen molar-refractivity contribution in [3.63, 3.8) is 0 Å². The van der Waals surface area contributed by atoms with E-state index >= 15 is 0 Å². The van der Waals surface area contributed by atoms with E-state index in [0.29, 0.717) is 0 Å². The first-order chi connectivity index (χ1) is 3.92. The average molecular weight is 170 g/mol. The quantitative estimate of drug-likeness (QED) is 0.421. The Morgan fingerprint density at radius 3 is 2.11 bits per heavy atom.